The highest BCUT2D eigenvalue weighted by Gasteiger charge is 2.43. The number of carbonyl (C=O) groups excluding carboxylic acids is 3. The first-order valence-corrected chi connectivity index (χ1v) is 11.7. The summed E-state index contributed by atoms with van der Waals surface area (Å²) in [5.74, 6) is -4.20. The van der Waals surface area contributed by atoms with E-state index < -0.39 is 34.7 Å². The number of amides is 1. The van der Waals surface area contributed by atoms with E-state index in [0.29, 0.717) is 5.56 Å². The Bertz CT molecular complexity index is 1620. The van der Waals surface area contributed by atoms with E-state index in [2.05, 4.69) is 5.32 Å². The second kappa shape index (κ2) is 10.3. The number of nitriles is 1. The van der Waals surface area contributed by atoms with Crippen LogP contribution >= 0.6 is 0 Å². The molecule has 9 heteroatoms. The lowest BCUT2D eigenvalue weighted by Crippen LogP contribution is -2.99. The van der Waals surface area contributed by atoms with Crippen LogP contribution in [0.3, 0.4) is 0 Å². The average molecular weight is 508 g/mol. The van der Waals surface area contributed by atoms with E-state index in [-0.39, 0.29) is 29.1 Å². The highest BCUT2D eigenvalue weighted by Crippen LogP contribution is 2.38. The minimum absolute atomic E-state index is 0.0412. The van der Waals surface area contributed by atoms with Crippen molar-refractivity contribution >= 4 is 39.6 Å². The molecule has 0 saturated carbocycles. The number of benzene rings is 4. The molecule has 5 rings (SSSR count). The van der Waals surface area contributed by atoms with E-state index in [0.717, 1.165) is 22.4 Å². The Kier molecular flexibility index (Phi) is 6.79. The molecule has 38 heavy (non-hydrogen) atoms. The van der Waals surface area contributed by atoms with Crippen LogP contribution in [0.1, 0.15) is 33.2 Å². The van der Waals surface area contributed by atoms with Gasteiger partial charge in [0.25, 0.3) is 5.91 Å². The SMILES string of the molecule is N#Cc1cc([NH+]([O-])O)ccc1NC(=O)C(=O)C(C(=O)c1ccc2ccccc2c1)C1OCc2ccccc21. The molecule has 1 aliphatic rings. The molecule has 4 aromatic rings. The summed E-state index contributed by atoms with van der Waals surface area (Å²) in [5, 5.41) is 32.7. The fourth-order valence-electron chi connectivity index (χ4n) is 4.61. The molecule has 3 atom stereocenters. The first-order valence-electron chi connectivity index (χ1n) is 11.7. The molecule has 188 valence electrons. The molecule has 0 aliphatic carbocycles. The van der Waals surface area contributed by atoms with Crippen LogP contribution < -0.4 is 10.5 Å². The van der Waals surface area contributed by atoms with Crippen molar-refractivity contribution in [2.75, 3.05) is 5.32 Å². The monoisotopic (exact) mass is 507 g/mol. The van der Waals surface area contributed by atoms with Crippen LogP contribution in [0.4, 0.5) is 11.4 Å². The smallest absolute Gasteiger partial charge is 0.292 e. The van der Waals surface area contributed by atoms with Gasteiger partial charge in [0.2, 0.25) is 5.78 Å². The number of rotatable bonds is 7. The molecule has 0 saturated heterocycles. The highest BCUT2D eigenvalue weighted by molar-refractivity contribution is 6.45. The molecule has 3 N–H and O–H groups in total. The lowest BCUT2D eigenvalue weighted by Gasteiger charge is -2.22. The maximum absolute atomic E-state index is 13.8. The Morgan fingerprint density at radius 2 is 1.74 bits per heavy atom. The van der Waals surface area contributed by atoms with Gasteiger partial charge in [0.05, 0.1) is 17.9 Å². The molecule has 0 radical (unpaired) electrons. The van der Waals surface area contributed by atoms with Crippen molar-refractivity contribution in [3.8, 4) is 6.07 Å². The highest BCUT2D eigenvalue weighted by atomic mass is 16.8. The number of ketones is 2. The number of hydrogen-bond acceptors (Lipinski definition) is 7. The third-order valence-corrected chi connectivity index (χ3v) is 6.54. The standard InChI is InChI=1S/C29H21N3O6/c30-15-21-14-22(32(36)37)11-12-24(21)31-29(35)27(34)25(28-23-8-4-3-7-20(23)16-38-28)26(33)19-10-9-17-5-1-2-6-18(17)13-19/h1-14,25,28,32,36H,16H2,(H,31,35). The number of nitrogens with one attached hydrogen (secondary N) is 2. The third kappa shape index (κ3) is 4.68. The van der Waals surface area contributed by atoms with Gasteiger partial charge < -0.3 is 15.3 Å². The summed E-state index contributed by atoms with van der Waals surface area (Å²) >= 11 is 0. The molecule has 0 aromatic heterocycles. The van der Waals surface area contributed by atoms with Crippen LogP contribution in [-0.4, -0.2) is 22.7 Å². The van der Waals surface area contributed by atoms with Gasteiger partial charge >= 0.3 is 0 Å². The van der Waals surface area contributed by atoms with Crippen LogP contribution in [0.2, 0.25) is 0 Å². The van der Waals surface area contributed by atoms with E-state index >= 15 is 0 Å². The number of nitrogens with zero attached hydrogens (tertiary/aromatic N) is 1. The number of anilines is 1. The number of carbonyl (C=O) groups is 3. The van der Waals surface area contributed by atoms with Crippen LogP contribution in [0, 0.1) is 22.5 Å². The Hall–Kier alpha value is -4.72. The Labute approximate surface area is 217 Å². The molecule has 1 heterocycles. The predicted molar refractivity (Wildman–Crippen MR) is 136 cm³/mol. The summed E-state index contributed by atoms with van der Waals surface area (Å²) in [6.45, 7) is 0.187. The minimum atomic E-state index is -1.48. The third-order valence-electron chi connectivity index (χ3n) is 6.54. The summed E-state index contributed by atoms with van der Waals surface area (Å²) in [7, 11) is 0. The van der Waals surface area contributed by atoms with Crippen molar-refractivity contribution in [1.82, 2.24) is 0 Å². The van der Waals surface area contributed by atoms with Gasteiger partial charge in [-0.15, -0.1) is 0 Å². The average Bonchev–Trinajstić information content (AvgIpc) is 3.36. The Balaban J connectivity index is 1.51. The number of fused-ring (bicyclic) bond motifs is 2. The summed E-state index contributed by atoms with van der Waals surface area (Å²) in [6, 6.07) is 25.1. The quantitative estimate of drug-likeness (QED) is 0.151. The fraction of sp³-hybridized carbons (Fsp3) is 0.103. The first-order chi connectivity index (χ1) is 18.4. The fourth-order valence-corrected chi connectivity index (χ4v) is 4.61. The van der Waals surface area contributed by atoms with Crippen molar-refractivity contribution in [2.45, 2.75) is 12.7 Å². The van der Waals surface area contributed by atoms with Crippen LogP contribution in [0.5, 0.6) is 0 Å². The lowest BCUT2D eigenvalue weighted by atomic mass is 9.84. The van der Waals surface area contributed by atoms with Gasteiger partial charge in [-0.2, -0.15) is 10.5 Å². The molecule has 0 fully saturated rings. The van der Waals surface area contributed by atoms with E-state index in [1.165, 1.54) is 12.1 Å². The molecular formula is C29H21N3O6. The van der Waals surface area contributed by atoms with Gasteiger partial charge in [-0.05, 0) is 34.0 Å². The molecule has 1 amide bonds. The second-order valence-corrected chi connectivity index (χ2v) is 8.83. The largest absolute Gasteiger partial charge is 0.595 e. The van der Waals surface area contributed by atoms with Gasteiger partial charge in [0, 0.05) is 17.7 Å². The molecule has 0 spiro atoms. The molecule has 4 aromatic carbocycles. The van der Waals surface area contributed by atoms with Gasteiger partial charge in [-0.3, -0.25) is 14.4 Å². The number of ether oxygens (including phenoxy) is 1. The van der Waals surface area contributed by atoms with Gasteiger partial charge in [-0.1, -0.05) is 60.7 Å². The van der Waals surface area contributed by atoms with Gasteiger partial charge in [0.1, 0.15) is 18.1 Å². The minimum Gasteiger partial charge on any atom is -0.595 e. The summed E-state index contributed by atoms with van der Waals surface area (Å²) in [6.07, 6.45) is -0.978. The van der Waals surface area contributed by atoms with E-state index in [1.807, 2.05) is 42.5 Å². The van der Waals surface area contributed by atoms with E-state index in [4.69, 9.17) is 4.74 Å². The number of quaternary nitrogens is 1. The zero-order valence-corrected chi connectivity index (χ0v) is 19.9. The van der Waals surface area contributed by atoms with Crippen molar-refractivity contribution in [1.29, 1.82) is 5.26 Å². The summed E-state index contributed by atoms with van der Waals surface area (Å²) in [5.41, 5.74) is 1.40. The normalized spacial score (nSPS) is 15.8. The maximum Gasteiger partial charge on any atom is 0.292 e. The van der Waals surface area contributed by atoms with E-state index in [9.17, 15) is 30.1 Å². The van der Waals surface area contributed by atoms with Crippen LogP contribution in [0.15, 0.2) is 84.9 Å². The summed E-state index contributed by atoms with van der Waals surface area (Å²) in [4.78, 5) is 40.6. The first kappa shape index (κ1) is 25.0. The predicted octanol–water partition coefficient (Wildman–Crippen LogP) is 3.39. The molecule has 1 aliphatic heterocycles. The van der Waals surface area contributed by atoms with Crippen molar-refractivity contribution in [3.63, 3.8) is 0 Å². The molecule has 3 unspecified atom stereocenters. The van der Waals surface area contributed by atoms with Crippen molar-refractivity contribution in [3.05, 3.63) is 112 Å². The van der Waals surface area contributed by atoms with E-state index in [1.54, 1.807) is 30.3 Å². The topological polar surface area (TPSA) is 144 Å². The van der Waals surface area contributed by atoms with Crippen molar-refractivity contribution < 1.29 is 29.6 Å². The maximum atomic E-state index is 13.8. The Morgan fingerprint density at radius 1 is 1.00 bits per heavy atom. The van der Waals surface area contributed by atoms with Crippen LogP contribution in [-0.2, 0) is 20.9 Å². The molecule has 0 bridgehead atoms. The zero-order valence-electron chi connectivity index (χ0n) is 19.9. The second-order valence-electron chi connectivity index (χ2n) is 8.83. The van der Waals surface area contributed by atoms with Crippen molar-refractivity contribution in [2.24, 2.45) is 5.92 Å². The number of Topliss-reactive ketones (excluding diaryl/α,β-unsaturated/α-hetero) is 2. The summed E-state index contributed by atoms with van der Waals surface area (Å²) < 4.78 is 5.88. The molecular weight excluding hydrogens is 486 g/mol. The Morgan fingerprint density at radius 3 is 2.50 bits per heavy atom. The van der Waals surface area contributed by atoms with Crippen LogP contribution in [0.25, 0.3) is 10.8 Å². The lowest BCUT2D eigenvalue weighted by molar-refractivity contribution is -0.991. The number of hydrogen-bond donors (Lipinski definition) is 3. The zero-order chi connectivity index (χ0) is 26.8. The molecule has 9 nitrogen and oxygen atoms in total. The van der Waals surface area contributed by atoms with Gasteiger partial charge in [0.15, 0.2) is 11.5 Å². The van der Waals surface area contributed by atoms with Gasteiger partial charge in [-0.25, -0.2) is 5.21 Å².